The van der Waals surface area contributed by atoms with Gasteiger partial charge < -0.3 is 9.72 Å². The summed E-state index contributed by atoms with van der Waals surface area (Å²) in [6.07, 6.45) is 9.28. The van der Waals surface area contributed by atoms with E-state index in [0.717, 1.165) is 41.9 Å². The highest BCUT2D eigenvalue weighted by molar-refractivity contribution is 6.30. The van der Waals surface area contributed by atoms with Crippen molar-refractivity contribution < 1.29 is 4.74 Å². The van der Waals surface area contributed by atoms with Crippen molar-refractivity contribution in [1.82, 2.24) is 19.5 Å². The third-order valence-electron chi connectivity index (χ3n) is 6.50. The summed E-state index contributed by atoms with van der Waals surface area (Å²) >= 11 is 6.02. The zero-order valence-corrected chi connectivity index (χ0v) is 22.6. The number of hydrogen-bond donors (Lipinski definition) is 1. The summed E-state index contributed by atoms with van der Waals surface area (Å²) in [5, 5.41) is 9.99. The van der Waals surface area contributed by atoms with Crippen molar-refractivity contribution in [3.05, 3.63) is 141 Å². The number of aryl methyl sites for hydroxylation is 1. The second-order valence-electron chi connectivity index (χ2n) is 9.52. The number of benzene rings is 2. The van der Waals surface area contributed by atoms with Crippen LogP contribution in [-0.4, -0.2) is 26.1 Å². The van der Waals surface area contributed by atoms with Crippen LogP contribution >= 0.6 is 11.6 Å². The van der Waals surface area contributed by atoms with E-state index in [-0.39, 0.29) is 5.56 Å². The van der Waals surface area contributed by atoms with Gasteiger partial charge in [-0.3, -0.25) is 9.36 Å². The number of nitriles is 1. The van der Waals surface area contributed by atoms with E-state index in [1.807, 2.05) is 30.5 Å². The number of pyridine rings is 2. The van der Waals surface area contributed by atoms with Crippen LogP contribution in [0, 0.1) is 11.3 Å². The molecule has 0 fully saturated rings. The zero-order chi connectivity index (χ0) is 27.7. The molecule has 5 aromatic rings. The first kappa shape index (κ1) is 26.9. The van der Waals surface area contributed by atoms with Crippen LogP contribution in [-0.2, 0) is 19.3 Å². The number of nitrogens with one attached hydrogen (secondary N) is 1. The van der Waals surface area contributed by atoms with Gasteiger partial charge in [-0.05, 0) is 60.2 Å². The number of aromatic amines is 1. The van der Waals surface area contributed by atoms with Gasteiger partial charge in [-0.1, -0.05) is 54.1 Å². The lowest BCUT2D eigenvalue weighted by molar-refractivity contribution is 0.306. The number of H-pyrrole nitrogens is 1. The number of unbranched alkanes of at least 4 members (excludes halogenated alkanes) is 1. The molecular formula is C32H28ClN5O2. The molecule has 200 valence electrons. The molecule has 0 saturated heterocycles. The fourth-order valence-electron chi connectivity index (χ4n) is 4.45. The molecule has 7 nitrogen and oxygen atoms in total. The fourth-order valence-corrected chi connectivity index (χ4v) is 4.61. The van der Waals surface area contributed by atoms with E-state index in [1.54, 1.807) is 30.6 Å². The summed E-state index contributed by atoms with van der Waals surface area (Å²) in [7, 11) is 0. The number of halogens is 1. The quantitative estimate of drug-likeness (QED) is 0.202. The molecule has 0 saturated carbocycles. The van der Waals surface area contributed by atoms with Crippen LogP contribution in [0.5, 0.6) is 5.75 Å². The minimum Gasteiger partial charge on any atom is -0.492 e. The van der Waals surface area contributed by atoms with Crippen LogP contribution in [0.1, 0.15) is 46.6 Å². The Balaban J connectivity index is 1.17. The van der Waals surface area contributed by atoms with E-state index in [0.29, 0.717) is 41.6 Å². The van der Waals surface area contributed by atoms with Crippen LogP contribution in [0.25, 0.3) is 5.82 Å². The zero-order valence-electron chi connectivity index (χ0n) is 21.9. The van der Waals surface area contributed by atoms with Gasteiger partial charge >= 0.3 is 0 Å². The highest BCUT2D eigenvalue weighted by atomic mass is 35.5. The van der Waals surface area contributed by atoms with E-state index < -0.39 is 0 Å². The summed E-state index contributed by atoms with van der Waals surface area (Å²) in [5.74, 6) is 1.94. The minimum absolute atomic E-state index is 0.192. The molecular weight excluding hydrogens is 522 g/mol. The molecule has 40 heavy (non-hydrogen) atoms. The Hall–Kier alpha value is -4.67. The van der Waals surface area contributed by atoms with Gasteiger partial charge in [-0.15, -0.1) is 0 Å². The molecule has 0 bridgehead atoms. The first-order valence-electron chi connectivity index (χ1n) is 13.1. The van der Waals surface area contributed by atoms with Crippen LogP contribution in [0.2, 0.25) is 5.02 Å². The molecule has 0 atom stereocenters. The van der Waals surface area contributed by atoms with Crippen LogP contribution < -0.4 is 10.3 Å². The Morgan fingerprint density at radius 1 is 0.900 bits per heavy atom. The van der Waals surface area contributed by atoms with Gasteiger partial charge in [-0.2, -0.15) is 5.26 Å². The normalized spacial score (nSPS) is 10.8. The predicted octanol–water partition coefficient (Wildman–Crippen LogP) is 6.06. The van der Waals surface area contributed by atoms with Gasteiger partial charge in [0.2, 0.25) is 0 Å². The molecule has 0 amide bonds. The average molecular weight is 550 g/mol. The van der Waals surface area contributed by atoms with Gasteiger partial charge in [0.05, 0.1) is 17.2 Å². The standard InChI is InChI=1S/C32H28ClN5O2/c33-27-12-14-32(39)38(22-27)31-13-10-25(20-36-31)16-28-21-35-30(37-28)18-24-9-11-26(19-34)29(17-24)40-15-5-4-8-23-6-2-1-3-7-23/h1-3,6-7,9-14,17,20-22H,4-5,8,15-16,18H2,(H,35,37). The Labute approximate surface area is 237 Å². The summed E-state index contributed by atoms with van der Waals surface area (Å²) < 4.78 is 7.41. The SMILES string of the molecule is N#Cc1ccc(Cc2ncc(Cc3ccc(-n4cc(Cl)ccc4=O)nc3)[nH]2)cc1OCCCCc1ccccc1. The summed E-state index contributed by atoms with van der Waals surface area (Å²) in [4.78, 5) is 24.5. The molecule has 2 aromatic carbocycles. The number of imidazole rings is 1. The Morgan fingerprint density at radius 2 is 1.75 bits per heavy atom. The lowest BCUT2D eigenvalue weighted by atomic mass is 10.1. The predicted molar refractivity (Wildman–Crippen MR) is 155 cm³/mol. The molecule has 0 aliphatic carbocycles. The van der Waals surface area contributed by atoms with E-state index in [2.05, 4.69) is 45.3 Å². The maximum Gasteiger partial charge on any atom is 0.256 e. The molecule has 5 rings (SSSR count). The molecule has 3 heterocycles. The molecule has 0 aliphatic rings. The maximum absolute atomic E-state index is 12.1. The third kappa shape index (κ3) is 7.04. The van der Waals surface area contributed by atoms with Gasteiger partial charge in [0.15, 0.2) is 0 Å². The van der Waals surface area contributed by atoms with Gasteiger partial charge in [-0.25, -0.2) is 9.97 Å². The third-order valence-corrected chi connectivity index (χ3v) is 6.73. The van der Waals surface area contributed by atoms with Crippen molar-refractivity contribution >= 4 is 11.6 Å². The molecule has 8 heteroatoms. The molecule has 0 aliphatic heterocycles. The van der Waals surface area contributed by atoms with Crippen molar-refractivity contribution in [2.75, 3.05) is 6.61 Å². The topological polar surface area (TPSA) is 96.6 Å². The van der Waals surface area contributed by atoms with Crippen LogP contribution in [0.3, 0.4) is 0 Å². The van der Waals surface area contributed by atoms with Gasteiger partial charge in [0.25, 0.3) is 5.56 Å². The number of ether oxygens (including phenoxy) is 1. The maximum atomic E-state index is 12.1. The summed E-state index contributed by atoms with van der Waals surface area (Å²) in [5.41, 5.74) is 4.61. The van der Waals surface area contributed by atoms with E-state index in [9.17, 15) is 10.1 Å². The van der Waals surface area contributed by atoms with Crippen molar-refractivity contribution in [1.29, 1.82) is 5.26 Å². The number of rotatable bonds is 11. The van der Waals surface area contributed by atoms with Crippen molar-refractivity contribution in [2.45, 2.75) is 32.1 Å². The fraction of sp³-hybridized carbons (Fsp3) is 0.188. The molecule has 0 spiro atoms. The van der Waals surface area contributed by atoms with Crippen molar-refractivity contribution in [3.8, 4) is 17.6 Å². The smallest absolute Gasteiger partial charge is 0.256 e. The van der Waals surface area contributed by atoms with E-state index in [1.165, 1.54) is 16.2 Å². The number of hydrogen-bond acceptors (Lipinski definition) is 5. The van der Waals surface area contributed by atoms with Gasteiger partial charge in [0, 0.05) is 43.2 Å². The number of nitrogens with zero attached hydrogens (tertiary/aromatic N) is 4. The molecule has 0 unspecified atom stereocenters. The average Bonchev–Trinajstić information content (AvgIpc) is 3.41. The lowest BCUT2D eigenvalue weighted by Crippen LogP contribution is -2.17. The lowest BCUT2D eigenvalue weighted by Gasteiger charge is -2.10. The van der Waals surface area contributed by atoms with E-state index in [4.69, 9.17) is 16.3 Å². The van der Waals surface area contributed by atoms with Crippen LogP contribution in [0.4, 0.5) is 0 Å². The second kappa shape index (κ2) is 12.9. The Bertz CT molecular complexity index is 1670. The Morgan fingerprint density at radius 3 is 2.55 bits per heavy atom. The monoisotopic (exact) mass is 549 g/mol. The second-order valence-corrected chi connectivity index (χ2v) is 9.96. The summed E-state index contributed by atoms with van der Waals surface area (Å²) in [6, 6.07) is 25.0. The minimum atomic E-state index is -0.192. The Kier molecular flexibility index (Phi) is 8.69. The largest absolute Gasteiger partial charge is 0.492 e. The van der Waals surface area contributed by atoms with Crippen molar-refractivity contribution in [2.24, 2.45) is 0 Å². The van der Waals surface area contributed by atoms with E-state index >= 15 is 0 Å². The molecule has 3 aromatic heterocycles. The summed E-state index contributed by atoms with van der Waals surface area (Å²) in [6.45, 7) is 0.564. The highest BCUT2D eigenvalue weighted by Gasteiger charge is 2.09. The molecule has 0 radical (unpaired) electrons. The number of aromatic nitrogens is 4. The van der Waals surface area contributed by atoms with Gasteiger partial charge in [0.1, 0.15) is 23.5 Å². The van der Waals surface area contributed by atoms with Crippen LogP contribution in [0.15, 0.2) is 96.2 Å². The first-order chi connectivity index (χ1) is 19.6. The van der Waals surface area contributed by atoms with Crippen molar-refractivity contribution in [3.63, 3.8) is 0 Å². The first-order valence-corrected chi connectivity index (χ1v) is 13.5. The molecule has 1 N–H and O–H groups in total. The highest BCUT2D eigenvalue weighted by Crippen LogP contribution is 2.22.